The molecule has 0 heterocycles. The van der Waals surface area contributed by atoms with Crippen molar-refractivity contribution < 1.29 is 32.9 Å². The monoisotopic (exact) mass is 1220 g/mol. The number of hydrogen-bond acceptors (Lipinski definition) is 6. The van der Waals surface area contributed by atoms with E-state index < -0.39 is 26.6 Å². The number of aliphatic hydroxyl groups excluding tert-OH is 1. The fraction of sp³-hybridized carbons (Fsp3) is 0.727. The highest BCUT2D eigenvalue weighted by Gasteiger charge is 2.23. The molecule has 496 valence electrons. The molecule has 1 amide bonds. The number of hydrogen-bond donors (Lipinski definition) is 2. The first-order valence-corrected chi connectivity index (χ1v) is 37.4. The van der Waals surface area contributed by atoms with E-state index in [1.165, 1.54) is 173 Å². The maximum absolute atomic E-state index is 13.0. The highest BCUT2D eigenvalue weighted by atomic mass is 31.2. The zero-order chi connectivity index (χ0) is 62.6. The van der Waals surface area contributed by atoms with Crippen LogP contribution in [0.4, 0.5) is 0 Å². The Morgan fingerprint density at radius 3 is 1.03 bits per heavy atom. The van der Waals surface area contributed by atoms with Crippen LogP contribution in [0.5, 0.6) is 0 Å². The van der Waals surface area contributed by atoms with Crippen LogP contribution in [0.25, 0.3) is 0 Å². The second-order valence-electron chi connectivity index (χ2n) is 25.2. The molecule has 0 saturated heterocycles. The van der Waals surface area contributed by atoms with E-state index in [0.29, 0.717) is 17.4 Å². The fourth-order valence-electron chi connectivity index (χ4n) is 10.1. The summed E-state index contributed by atoms with van der Waals surface area (Å²) >= 11 is 0. The number of unbranched alkanes of at least 4 members (excludes halogenated alkanes) is 34. The maximum Gasteiger partial charge on any atom is 0.268 e. The summed E-state index contributed by atoms with van der Waals surface area (Å²) in [5.74, 6) is -0.218. The zero-order valence-electron chi connectivity index (χ0n) is 56.7. The minimum atomic E-state index is -4.62. The Bertz CT molecular complexity index is 1820. The maximum atomic E-state index is 13.0. The van der Waals surface area contributed by atoms with Gasteiger partial charge in [-0.1, -0.05) is 334 Å². The molecule has 0 aliphatic carbocycles. The summed E-state index contributed by atoms with van der Waals surface area (Å²) in [5, 5.41) is 14.0. The predicted molar refractivity (Wildman–Crippen MR) is 375 cm³/mol. The molecule has 8 nitrogen and oxygen atoms in total. The number of aliphatic hydroxyl groups is 1. The Kier molecular flexibility index (Phi) is 63.9. The van der Waals surface area contributed by atoms with Gasteiger partial charge in [0.25, 0.3) is 7.82 Å². The molecule has 3 unspecified atom stereocenters. The van der Waals surface area contributed by atoms with Gasteiger partial charge in [-0.25, -0.2) is 0 Å². The SMILES string of the molecule is CC/C=C\C/C=C\C/C=C\C/C=C\C/C=C\C/C=C\C/C=C\C/C=C\C/C=C\CCCCCCCC(=O)NC(COP(=O)([O-])OCC[N+](C)(C)C)C(O)/C=C/CCCCCCCCCCCCCCCCCCCCCCCCCCCCCCC. The van der Waals surface area contributed by atoms with Crippen LogP contribution in [0.15, 0.2) is 122 Å². The highest BCUT2D eigenvalue weighted by molar-refractivity contribution is 7.45. The third-order valence-corrected chi connectivity index (χ3v) is 16.6. The van der Waals surface area contributed by atoms with Crippen molar-refractivity contribution in [3.8, 4) is 0 Å². The van der Waals surface area contributed by atoms with Crippen LogP contribution < -0.4 is 10.2 Å². The summed E-state index contributed by atoms with van der Waals surface area (Å²) < 4.78 is 23.5. The molecule has 0 aromatic carbocycles. The molecule has 0 rings (SSSR count). The highest BCUT2D eigenvalue weighted by Crippen LogP contribution is 2.38. The number of allylic oxidation sites excluding steroid dienone is 19. The van der Waals surface area contributed by atoms with Gasteiger partial charge in [0, 0.05) is 6.42 Å². The number of rotatable bonds is 65. The van der Waals surface area contributed by atoms with E-state index in [9.17, 15) is 19.4 Å². The number of quaternary nitrogens is 1. The summed E-state index contributed by atoms with van der Waals surface area (Å²) in [6.45, 7) is 4.54. The van der Waals surface area contributed by atoms with Crippen LogP contribution >= 0.6 is 7.82 Å². The Balaban J connectivity index is 4.16. The zero-order valence-corrected chi connectivity index (χ0v) is 57.6. The van der Waals surface area contributed by atoms with Crippen LogP contribution in [-0.2, 0) is 18.4 Å². The van der Waals surface area contributed by atoms with Crippen molar-refractivity contribution in [1.29, 1.82) is 0 Å². The first kappa shape index (κ1) is 82.9. The Morgan fingerprint density at radius 1 is 0.419 bits per heavy atom. The van der Waals surface area contributed by atoms with Crippen LogP contribution in [-0.4, -0.2) is 68.5 Å². The number of likely N-dealkylation sites (N-methyl/N-ethyl adjacent to an activating group) is 1. The van der Waals surface area contributed by atoms with Crippen molar-refractivity contribution in [1.82, 2.24) is 5.32 Å². The van der Waals surface area contributed by atoms with Crippen LogP contribution in [0, 0.1) is 0 Å². The normalized spacial score (nSPS) is 14.4. The number of nitrogens with zero attached hydrogens (tertiary/aromatic N) is 1. The number of nitrogens with one attached hydrogen (secondary N) is 1. The third kappa shape index (κ3) is 68.4. The molecular formula is C77H137N2O6P. The number of amides is 1. The number of carbonyl (C=O) groups excluding carboxylic acids is 1. The first-order chi connectivity index (χ1) is 42.0. The summed E-state index contributed by atoms with van der Waals surface area (Å²) in [5.41, 5.74) is 0. The largest absolute Gasteiger partial charge is 0.756 e. The van der Waals surface area contributed by atoms with E-state index in [0.717, 1.165) is 116 Å². The van der Waals surface area contributed by atoms with Crippen molar-refractivity contribution in [2.75, 3.05) is 40.9 Å². The minimum Gasteiger partial charge on any atom is -0.756 e. The average molecular weight is 1220 g/mol. The average Bonchev–Trinajstić information content (AvgIpc) is 3.70. The van der Waals surface area contributed by atoms with Crippen molar-refractivity contribution in [2.45, 2.75) is 321 Å². The Morgan fingerprint density at radius 2 is 0.709 bits per heavy atom. The number of phosphoric ester groups is 1. The van der Waals surface area contributed by atoms with E-state index in [4.69, 9.17) is 9.05 Å². The van der Waals surface area contributed by atoms with Gasteiger partial charge in [0.2, 0.25) is 5.91 Å². The van der Waals surface area contributed by atoms with Crippen LogP contribution in [0.3, 0.4) is 0 Å². The summed E-state index contributed by atoms with van der Waals surface area (Å²) in [4.78, 5) is 25.6. The lowest BCUT2D eigenvalue weighted by Gasteiger charge is -2.29. The van der Waals surface area contributed by atoms with Crippen molar-refractivity contribution >= 4 is 13.7 Å². The van der Waals surface area contributed by atoms with Gasteiger partial charge in [0.1, 0.15) is 13.2 Å². The first-order valence-electron chi connectivity index (χ1n) is 35.9. The van der Waals surface area contributed by atoms with Crippen molar-refractivity contribution in [2.24, 2.45) is 0 Å². The van der Waals surface area contributed by atoms with Gasteiger partial charge in [0.15, 0.2) is 0 Å². The molecule has 0 saturated carbocycles. The molecule has 3 atom stereocenters. The van der Waals surface area contributed by atoms with E-state index >= 15 is 0 Å². The molecule has 9 heteroatoms. The Labute approximate surface area is 533 Å². The molecule has 0 aromatic rings. The third-order valence-electron chi connectivity index (χ3n) is 15.7. The lowest BCUT2D eigenvalue weighted by molar-refractivity contribution is -0.870. The molecule has 2 N–H and O–H groups in total. The Hall–Kier alpha value is -3.10. The predicted octanol–water partition coefficient (Wildman–Crippen LogP) is 22.6. The van der Waals surface area contributed by atoms with Gasteiger partial charge in [0.05, 0.1) is 39.9 Å². The second-order valence-corrected chi connectivity index (χ2v) is 26.6. The van der Waals surface area contributed by atoms with Gasteiger partial charge in [-0.15, -0.1) is 0 Å². The van der Waals surface area contributed by atoms with E-state index in [1.54, 1.807) is 6.08 Å². The van der Waals surface area contributed by atoms with E-state index in [-0.39, 0.29) is 12.5 Å². The van der Waals surface area contributed by atoms with Gasteiger partial charge >= 0.3 is 0 Å². The molecule has 0 spiro atoms. The smallest absolute Gasteiger partial charge is 0.268 e. The van der Waals surface area contributed by atoms with Gasteiger partial charge in [-0.05, 0) is 89.9 Å². The summed E-state index contributed by atoms with van der Waals surface area (Å²) in [6.07, 6.45) is 98.9. The molecule has 0 aliphatic rings. The van der Waals surface area contributed by atoms with Gasteiger partial charge in [-0.2, -0.15) is 0 Å². The molecule has 0 fully saturated rings. The van der Waals surface area contributed by atoms with Crippen molar-refractivity contribution in [3.05, 3.63) is 122 Å². The number of phosphoric acid groups is 1. The minimum absolute atomic E-state index is 0.0111. The van der Waals surface area contributed by atoms with Gasteiger partial charge in [-0.3, -0.25) is 9.36 Å². The van der Waals surface area contributed by atoms with Crippen LogP contribution in [0.2, 0.25) is 0 Å². The molecule has 0 aliphatic heterocycles. The molecule has 0 aromatic heterocycles. The van der Waals surface area contributed by atoms with Gasteiger partial charge < -0.3 is 28.8 Å². The van der Waals surface area contributed by atoms with E-state index in [1.807, 2.05) is 27.2 Å². The molecule has 0 radical (unpaired) electrons. The lowest BCUT2D eigenvalue weighted by Crippen LogP contribution is -2.45. The van der Waals surface area contributed by atoms with Crippen molar-refractivity contribution in [3.63, 3.8) is 0 Å². The lowest BCUT2D eigenvalue weighted by atomic mass is 10.0. The summed E-state index contributed by atoms with van der Waals surface area (Å²) in [7, 11) is 1.24. The molecule has 86 heavy (non-hydrogen) atoms. The fourth-order valence-corrected chi connectivity index (χ4v) is 10.9. The number of carbonyl (C=O) groups is 1. The van der Waals surface area contributed by atoms with Crippen LogP contribution in [0.1, 0.15) is 309 Å². The van der Waals surface area contributed by atoms with E-state index in [2.05, 4.69) is 129 Å². The molecule has 0 bridgehead atoms. The topological polar surface area (TPSA) is 108 Å². The second kappa shape index (κ2) is 66.3. The molecular weight excluding hydrogens is 1080 g/mol. The quantitative estimate of drug-likeness (QED) is 0.0272. The standard InChI is InChI=1S/C77H137N2O6P/c1-6-8-10-12-14-16-18-20-22-24-26-28-30-32-34-36-38-39-41-43-45-47-49-51-53-55-57-59-61-63-65-67-69-71-77(81)78-75(74-85-86(82,83)84-73-72-79(3,4)5)76(80)70-68-66-64-62-60-58-56-54-52-50-48-46-44-42-40-37-35-33-31-29-27-25-23-21-19-17-15-13-11-9-7-2/h8,10,14,16,20,22,26,28,32,34,38-39,43,45,49,51,55,57,68,70,75-76,80H,6-7,9,11-13,15,17-19,21,23-25,27,29-31,33,35-37,40-42,44,46-48,50,52-54,56,58-67,69,71-74H2,1-5H3,(H-,78,81,82,83)/b10-8-,16-14-,22-20-,28-26-,34-32-,39-38-,45-43-,51-49-,57-55-,70-68+. The summed E-state index contributed by atoms with van der Waals surface area (Å²) in [6, 6.07) is -0.909.